The lowest BCUT2D eigenvalue weighted by atomic mass is 10.2. The first-order valence-corrected chi connectivity index (χ1v) is 7.15. The van der Waals surface area contributed by atoms with Crippen LogP contribution in [0.3, 0.4) is 0 Å². The number of hydrogen-bond donors (Lipinski definition) is 1. The Kier molecular flexibility index (Phi) is 2.93. The molecule has 1 saturated heterocycles. The van der Waals surface area contributed by atoms with E-state index in [9.17, 15) is 9.18 Å². The van der Waals surface area contributed by atoms with Gasteiger partial charge in [0.2, 0.25) is 0 Å². The maximum absolute atomic E-state index is 13.8. The zero-order valence-electron chi connectivity index (χ0n) is 10.6. The van der Waals surface area contributed by atoms with Crippen molar-refractivity contribution in [2.45, 2.75) is 13.3 Å². The molecule has 2 aromatic rings. The molecule has 1 amide bonds. The number of nitrogens with zero attached hydrogens (tertiary/aromatic N) is 1. The highest BCUT2D eigenvalue weighted by atomic mass is 32.1. The molecule has 0 saturated carbocycles. The van der Waals surface area contributed by atoms with E-state index in [2.05, 4.69) is 6.92 Å². The SMILES string of the molecule is CC1CCN(C(=O)c2sc3cccc(F)c3c2N)C1. The molecule has 3 rings (SSSR count). The van der Waals surface area contributed by atoms with Gasteiger partial charge in [0.25, 0.3) is 5.91 Å². The summed E-state index contributed by atoms with van der Waals surface area (Å²) in [5.41, 5.74) is 6.25. The molecule has 3 nitrogen and oxygen atoms in total. The van der Waals surface area contributed by atoms with E-state index >= 15 is 0 Å². The standard InChI is InChI=1S/C14H15FN2OS/c1-8-5-6-17(7-8)14(18)13-12(16)11-9(15)3-2-4-10(11)19-13/h2-4,8H,5-7,16H2,1H3. The van der Waals surface area contributed by atoms with Gasteiger partial charge in [-0.05, 0) is 24.5 Å². The maximum Gasteiger partial charge on any atom is 0.266 e. The summed E-state index contributed by atoms with van der Waals surface area (Å²) >= 11 is 1.28. The lowest BCUT2D eigenvalue weighted by molar-refractivity contribution is 0.0794. The Balaban J connectivity index is 2.03. The third-order valence-electron chi connectivity index (χ3n) is 3.61. The lowest BCUT2D eigenvalue weighted by Crippen LogP contribution is -2.28. The number of carbonyl (C=O) groups excluding carboxylic acids is 1. The Bertz CT molecular complexity index is 652. The number of nitrogens with two attached hydrogens (primary N) is 1. The molecule has 1 atom stereocenters. The number of fused-ring (bicyclic) bond motifs is 1. The van der Waals surface area contributed by atoms with Crippen LogP contribution in [0.4, 0.5) is 10.1 Å². The van der Waals surface area contributed by atoms with E-state index in [4.69, 9.17) is 5.73 Å². The summed E-state index contributed by atoms with van der Waals surface area (Å²) in [6.07, 6.45) is 1.02. The van der Waals surface area contributed by atoms with Gasteiger partial charge < -0.3 is 10.6 Å². The maximum atomic E-state index is 13.8. The van der Waals surface area contributed by atoms with Crippen LogP contribution in [0, 0.1) is 11.7 Å². The molecule has 1 fully saturated rings. The Morgan fingerprint density at radius 3 is 2.95 bits per heavy atom. The van der Waals surface area contributed by atoms with Crippen molar-refractivity contribution < 1.29 is 9.18 Å². The van der Waals surface area contributed by atoms with Crippen LogP contribution in [0.25, 0.3) is 10.1 Å². The summed E-state index contributed by atoms with van der Waals surface area (Å²) in [5.74, 6) is 0.0961. The molecule has 5 heteroatoms. The molecule has 19 heavy (non-hydrogen) atoms. The molecule has 0 radical (unpaired) electrons. The Labute approximate surface area is 114 Å². The average Bonchev–Trinajstić information content (AvgIpc) is 2.94. The van der Waals surface area contributed by atoms with Crippen molar-refractivity contribution in [2.24, 2.45) is 5.92 Å². The van der Waals surface area contributed by atoms with Gasteiger partial charge in [0.1, 0.15) is 10.7 Å². The van der Waals surface area contributed by atoms with Gasteiger partial charge in [-0.15, -0.1) is 11.3 Å². The minimum atomic E-state index is -0.361. The minimum absolute atomic E-state index is 0.0672. The number of halogens is 1. The first kappa shape index (κ1) is 12.4. The fourth-order valence-corrected chi connectivity index (χ4v) is 3.66. The van der Waals surface area contributed by atoms with Crippen molar-refractivity contribution in [3.05, 3.63) is 28.9 Å². The summed E-state index contributed by atoms with van der Waals surface area (Å²) in [6, 6.07) is 4.81. The van der Waals surface area contributed by atoms with E-state index in [-0.39, 0.29) is 17.4 Å². The number of anilines is 1. The summed E-state index contributed by atoms with van der Waals surface area (Å²) in [4.78, 5) is 14.7. The summed E-state index contributed by atoms with van der Waals surface area (Å²) in [7, 11) is 0. The Morgan fingerprint density at radius 1 is 1.53 bits per heavy atom. The molecule has 1 aromatic heterocycles. The number of rotatable bonds is 1. The minimum Gasteiger partial charge on any atom is -0.397 e. The van der Waals surface area contributed by atoms with Crippen molar-refractivity contribution in [1.82, 2.24) is 4.90 Å². The summed E-state index contributed by atoms with van der Waals surface area (Å²) < 4.78 is 14.5. The highest BCUT2D eigenvalue weighted by Crippen LogP contribution is 2.36. The van der Waals surface area contributed by atoms with Gasteiger partial charge in [-0.2, -0.15) is 0 Å². The van der Waals surface area contributed by atoms with E-state index < -0.39 is 0 Å². The number of amides is 1. The third kappa shape index (κ3) is 1.98. The normalized spacial score (nSPS) is 19.3. The molecule has 1 aromatic carbocycles. The number of carbonyl (C=O) groups is 1. The highest BCUT2D eigenvalue weighted by molar-refractivity contribution is 7.21. The molecule has 1 aliphatic rings. The molecule has 2 heterocycles. The molecular formula is C14H15FN2OS. The molecule has 1 unspecified atom stereocenters. The number of hydrogen-bond acceptors (Lipinski definition) is 3. The van der Waals surface area contributed by atoms with Crippen LogP contribution >= 0.6 is 11.3 Å². The first-order chi connectivity index (χ1) is 9.08. The summed E-state index contributed by atoms with van der Waals surface area (Å²) in [5, 5.41) is 0.378. The van der Waals surface area contributed by atoms with E-state index in [0.717, 1.165) is 24.2 Å². The molecule has 0 aliphatic carbocycles. The van der Waals surface area contributed by atoms with Crippen molar-refractivity contribution in [3.63, 3.8) is 0 Å². The second-order valence-corrected chi connectivity index (χ2v) is 6.16. The van der Waals surface area contributed by atoms with E-state index in [1.807, 2.05) is 4.90 Å². The number of benzene rings is 1. The van der Waals surface area contributed by atoms with Crippen molar-refractivity contribution in [2.75, 3.05) is 18.8 Å². The van der Waals surface area contributed by atoms with Crippen LogP contribution in [0.2, 0.25) is 0 Å². The second kappa shape index (κ2) is 4.49. The van der Waals surface area contributed by atoms with Crippen molar-refractivity contribution in [1.29, 1.82) is 0 Å². The van der Waals surface area contributed by atoms with Crippen molar-refractivity contribution >= 4 is 33.0 Å². The Hall–Kier alpha value is -1.62. The van der Waals surface area contributed by atoms with E-state index in [0.29, 0.717) is 16.2 Å². The zero-order valence-corrected chi connectivity index (χ0v) is 11.5. The Morgan fingerprint density at radius 2 is 2.32 bits per heavy atom. The van der Waals surface area contributed by atoms with Gasteiger partial charge in [-0.3, -0.25) is 4.79 Å². The molecule has 0 spiro atoms. The van der Waals surface area contributed by atoms with Crippen LogP contribution in [0.1, 0.15) is 23.0 Å². The van der Waals surface area contributed by atoms with Gasteiger partial charge in [0.05, 0.1) is 11.1 Å². The second-order valence-electron chi connectivity index (χ2n) is 5.10. The van der Waals surface area contributed by atoms with Crippen LogP contribution < -0.4 is 5.73 Å². The van der Waals surface area contributed by atoms with E-state index in [1.54, 1.807) is 12.1 Å². The number of thiophene rings is 1. The zero-order chi connectivity index (χ0) is 13.6. The summed E-state index contributed by atoms with van der Waals surface area (Å²) in [6.45, 7) is 3.65. The van der Waals surface area contributed by atoms with Gasteiger partial charge >= 0.3 is 0 Å². The smallest absolute Gasteiger partial charge is 0.266 e. The van der Waals surface area contributed by atoms with Crippen LogP contribution in [-0.2, 0) is 0 Å². The topological polar surface area (TPSA) is 46.3 Å². The van der Waals surface area contributed by atoms with Gasteiger partial charge in [0.15, 0.2) is 0 Å². The fourth-order valence-electron chi connectivity index (χ4n) is 2.55. The van der Waals surface area contributed by atoms with E-state index in [1.165, 1.54) is 17.4 Å². The molecule has 100 valence electrons. The largest absolute Gasteiger partial charge is 0.397 e. The lowest BCUT2D eigenvalue weighted by Gasteiger charge is -2.14. The number of likely N-dealkylation sites (tertiary alicyclic amines) is 1. The van der Waals surface area contributed by atoms with Gasteiger partial charge in [-0.25, -0.2) is 4.39 Å². The van der Waals surface area contributed by atoms with Gasteiger partial charge in [0, 0.05) is 17.8 Å². The predicted octanol–water partition coefficient (Wildman–Crippen LogP) is 3.10. The quantitative estimate of drug-likeness (QED) is 0.871. The predicted molar refractivity (Wildman–Crippen MR) is 75.9 cm³/mol. The molecular weight excluding hydrogens is 263 g/mol. The average molecular weight is 278 g/mol. The third-order valence-corrected chi connectivity index (χ3v) is 4.77. The molecule has 1 aliphatic heterocycles. The highest BCUT2D eigenvalue weighted by Gasteiger charge is 2.27. The number of nitrogen functional groups attached to an aromatic ring is 1. The van der Waals surface area contributed by atoms with Crippen LogP contribution in [0.5, 0.6) is 0 Å². The first-order valence-electron chi connectivity index (χ1n) is 6.33. The molecule has 2 N–H and O–H groups in total. The van der Waals surface area contributed by atoms with Crippen LogP contribution in [-0.4, -0.2) is 23.9 Å². The van der Waals surface area contributed by atoms with Gasteiger partial charge in [-0.1, -0.05) is 13.0 Å². The monoisotopic (exact) mass is 278 g/mol. The van der Waals surface area contributed by atoms with Crippen LogP contribution in [0.15, 0.2) is 18.2 Å². The van der Waals surface area contributed by atoms with Crippen molar-refractivity contribution in [3.8, 4) is 0 Å². The molecule has 0 bridgehead atoms. The fraction of sp³-hybridized carbons (Fsp3) is 0.357.